The summed E-state index contributed by atoms with van der Waals surface area (Å²) < 4.78 is 1.82. The third kappa shape index (κ3) is 4.31. The number of rotatable bonds is 7. The predicted molar refractivity (Wildman–Crippen MR) is 132 cm³/mol. The Bertz CT molecular complexity index is 1270. The largest absolute Gasteiger partial charge is 0.396 e. The maximum Gasteiger partial charge on any atom is 0.258 e. The minimum atomic E-state index is -0.524. The number of pyridine rings is 3. The summed E-state index contributed by atoms with van der Waals surface area (Å²) in [5, 5.41) is 13.5. The van der Waals surface area contributed by atoms with E-state index in [1.807, 2.05) is 60.0 Å². The lowest BCUT2D eigenvalue weighted by Gasteiger charge is -2.31. The van der Waals surface area contributed by atoms with E-state index in [0.717, 1.165) is 16.8 Å². The molecule has 1 fully saturated rings. The second-order valence-electron chi connectivity index (χ2n) is 9.13. The van der Waals surface area contributed by atoms with Crippen LogP contribution in [0.25, 0.3) is 6.08 Å². The van der Waals surface area contributed by atoms with Gasteiger partial charge in [0.05, 0.1) is 12.1 Å². The van der Waals surface area contributed by atoms with Crippen molar-refractivity contribution in [3.63, 3.8) is 0 Å². The van der Waals surface area contributed by atoms with Crippen molar-refractivity contribution in [3.8, 4) is 0 Å². The highest BCUT2D eigenvalue weighted by atomic mass is 16.3. The van der Waals surface area contributed by atoms with Crippen LogP contribution < -0.4 is 10.9 Å². The first-order valence-corrected chi connectivity index (χ1v) is 11.9. The summed E-state index contributed by atoms with van der Waals surface area (Å²) in [7, 11) is 0. The van der Waals surface area contributed by atoms with E-state index in [4.69, 9.17) is 0 Å². The Labute approximate surface area is 204 Å². The number of carbonyl (C=O) groups is 1. The van der Waals surface area contributed by atoms with Crippen LogP contribution in [0.15, 0.2) is 72.1 Å². The Morgan fingerprint density at radius 3 is 2.43 bits per heavy atom. The average molecular weight is 472 g/mol. The van der Waals surface area contributed by atoms with Crippen LogP contribution >= 0.6 is 0 Å². The van der Waals surface area contributed by atoms with Crippen LogP contribution in [0, 0.1) is 11.8 Å². The van der Waals surface area contributed by atoms with Gasteiger partial charge >= 0.3 is 0 Å². The van der Waals surface area contributed by atoms with Crippen molar-refractivity contribution in [2.75, 3.05) is 6.61 Å². The molecule has 3 aromatic rings. The Kier molecular flexibility index (Phi) is 6.57. The number of likely N-dealkylation sites (tertiary alicyclic amines) is 1. The van der Waals surface area contributed by atoms with E-state index in [0.29, 0.717) is 25.2 Å². The fourth-order valence-electron chi connectivity index (χ4n) is 5.60. The third-order valence-electron chi connectivity index (χ3n) is 7.17. The molecule has 1 saturated heterocycles. The summed E-state index contributed by atoms with van der Waals surface area (Å²) in [5.74, 6) is -0.473. The van der Waals surface area contributed by atoms with Gasteiger partial charge in [-0.1, -0.05) is 12.2 Å². The van der Waals surface area contributed by atoms with Gasteiger partial charge in [0.25, 0.3) is 5.56 Å². The van der Waals surface area contributed by atoms with Crippen molar-refractivity contribution in [3.05, 3.63) is 100.0 Å². The Morgan fingerprint density at radius 1 is 1.09 bits per heavy atom. The van der Waals surface area contributed by atoms with Crippen molar-refractivity contribution in [2.45, 2.75) is 38.6 Å². The summed E-state index contributed by atoms with van der Waals surface area (Å²) in [6.07, 6.45) is 10.5. The van der Waals surface area contributed by atoms with Crippen LogP contribution in [0.5, 0.6) is 0 Å². The molecular weight excluding hydrogens is 442 g/mol. The van der Waals surface area contributed by atoms with Gasteiger partial charge in [-0.2, -0.15) is 0 Å². The van der Waals surface area contributed by atoms with E-state index in [1.165, 1.54) is 0 Å². The molecule has 8 heteroatoms. The van der Waals surface area contributed by atoms with Gasteiger partial charge in [0.2, 0.25) is 5.91 Å². The van der Waals surface area contributed by atoms with Crippen molar-refractivity contribution < 1.29 is 9.90 Å². The molecule has 3 aromatic heterocycles. The fourth-order valence-corrected chi connectivity index (χ4v) is 5.60. The maximum absolute atomic E-state index is 13.6. The van der Waals surface area contributed by atoms with Crippen LogP contribution in [-0.4, -0.2) is 43.1 Å². The predicted octanol–water partition coefficient (Wildman–Crippen LogP) is 2.15. The van der Waals surface area contributed by atoms with E-state index < -0.39 is 6.04 Å². The number of nitrogens with one attached hydrogen (secondary N) is 1. The normalized spacial score (nSPS) is 23.4. The molecule has 0 aromatic carbocycles. The number of allylic oxidation sites excluding steroid dienone is 1. The highest BCUT2D eigenvalue weighted by Crippen LogP contribution is 2.49. The van der Waals surface area contributed by atoms with Gasteiger partial charge < -0.3 is 15.0 Å². The monoisotopic (exact) mass is 471 g/mol. The van der Waals surface area contributed by atoms with Crippen LogP contribution in [0.4, 0.5) is 0 Å². The summed E-state index contributed by atoms with van der Waals surface area (Å²) >= 11 is 0. The summed E-state index contributed by atoms with van der Waals surface area (Å²) in [4.78, 5) is 37.0. The van der Waals surface area contributed by atoms with E-state index in [-0.39, 0.29) is 36.0 Å². The van der Waals surface area contributed by atoms with Gasteiger partial charge in [0, 0.05) is 74.1 Å². The number of amides is 1. The van der Waals surface area contributed by atoms with Crippen molar-refractivity contribution in [1.82, 2.24) is 24.8 Å². The van der Waals surface area contributed by atoms with Crippen molar-refractivity contribution in [2.24, 2.45) is 11.8 Å². The van der Waals surface area contributed by atoms with Gasteiger partial charge in [-0.25, -0.2) is 0 Å². The lowest BCUT2D eigenvalue weighted by atomic mass is 9.88. The zero-order valence-electron chi connectivity index (χ0n) is 19.6. The minimum Gasteiger partial charge on any atom is -0.396 e. The molecule has 0 radical (unpaired) electrons. The molecule has 35 heavy (non-hydrogen) atoms. The zero-order valence-corrected chi connectivity index (χ0v) is 19.6. The molecule has 0 bridgehead atoms. The fraction of sp³-hybridized carbons (Fsp3) is 0.333. The molecule has 0 aliphatic carbocycles. The van der Waals surface area contributed by atoms with Gasteiger partial charge in [-0.3, -0.25) is 24.5 Å². The first-order chi connectivity index (χ1) is 17.1. The first kappa shape index (κ1) is 23.1. The Balaban J connectivity index is 1.51. The molecule has 8 nitrogen and oxygen atoms in total. The highest BCUT2D eigenvalue weighted by Gasteiger charge is 2.55. The third-order valence-corrected chi connectivity index (χ3v) is 7.17. The lowest BCUT2D eigenvalue weighted by molar-refractivity contribution is -0.128. The molecule has 4 atom stereocenters. The number of hydrogen-bond donors (Lipinski definition) is 2. The number of hydrogen-bond acceptors (Lipinski definition) is 6. The second kappa shape index (κ2) is 9.93. The molecule has 0 unspecified atom stereocenters. The summed E-state index contributed by atoms with van der Waals surface area (Å²) in [5.41, 5.74) is 3.49. The van der Waals surface area contributed by atoms with Crippen molar-refractivity contribution in [1.29, 1.82) is 0 Å². The van der Waals surface area contributed by atoms with E-state index >= 15 is 0 Å². The molecule has 0 saturated carbocycles. The molecule has 5 heterocycles. The smallest absolute Gasteiger partial charge is 0.258 e. The molecule has 1 amide bonds. The van der Waals surface area contributed by atoms with Crippen LogP contribution in [-0.2, 0) is 24.4 Å². The van der Waals surface area contributed by atoms with E-state index in [9.17, 15) is 14.7 Å². The highest BCUT2D eigenvalue weighted by molar-refractivity contribution is 5.82. The SMILES string of the molecule is C/C=C\c1ccc2n(c1=O)C[C@@H]1[C@@H](CO)[C@H](C(=O)NCc3ccncc3)N(Cc3ccncc3)[C@H]21. The lowest BCUT2D eigenvalue weighted by Crippen LogP contribution is -2.47. The zero-order chi connectivity index (χ0) is 24.4. The second-order valence-corrected chi connectivity index (χ2v) is 9.13. The summed E-state index contributed by atoms with van der Waals surface area (Å²) in [6.45, 7) is 3.14. The molecule has 180 valence electrons. The summed E-state index contributed by atoms with van der Waals surface area (Å²) in [6, 6.07) is 10.8. The number of aliphatic hydroxyl groups is 1. The number of carbonyl (C=O) groups excluding carboxylic acids is 1. The molecule has 2 aliphatic rings. The van der Waals surface area contributed by atoms with Gasteiger partial charge in [0.15, 0.2) is 0 Å². The first-order valence-electron chi connectivity index (χ1n) is 11.9. The quantitative estimate of drug-likeness (QED) is 0.548. The number of aromatic nitrogens is 3. The topological polar surface area (TPSA) is 100 Å². The number of nitrogens with zero attached hydrogens (tertiary/aromatic N) is 4. The van der Waals surface area contributed by atoms with Gasteiger partial charge in [0.1, 0.15) is 0 Å². The number of fused-ring (bicyclic) bond motifs is 3. The maximum atomic E-state index is 13.6. The molecule has 2 N–H and O–H groups in total. The molecule has 5 rings (SSSR count). The van der Waals surface area contributed by atoms with Crippen molar-refractivity contribution >= 4 is 12.0 Å². The van der Waals surface area contributed by atoms with E-state index in [1.54, 1.807) is 24.8 Å². The Hall–Kier alpha value is -3.62. The molecule has 0 spiro atoms. The van der Waals surface area contributed by atoms with Gasteiger partial charge in [-0.15, -0.1) is 0 Å². The van der Waals surface area contributed by atoms with Gasteiger partial charge in [-0.05, 0) is 54.4 Å². The van der Waals surface area contributed by atoms with Crippen LogP contribution in [0.3, 0.4) is 0 Å². The molecular formula is C27H29N5O3. The molecule has 2 aliphatic heterocycles. The average Bonchev–Trinajstić information content (AvgIpc) is 3.41. The Morgan fingerprint density at radius 2 is 1.77 bits per heavy atom. The standard InChI is InChI=1S/C27H29N5O3/c1-2-3-20-4-5-23-24-21(16-31(23)27(20)35)22(17-33)25(32(24)15-19-8-12-29-13-9-19)26(34)30-14-18-6-10-28-11-7-18/h2-13,21-22,24-25,33H,14-17H2,1H3,(H,30,34)/b3-2-/t21-,22-,24+,25-/m1/s1. The van der Waals surface area contributed by atoms with Crippen LogP contribution in [0.2, 0.25) is 0 Å². The minimum absolute atomic E-state index is 0.0331. The number of aliphatic hydroxyl groups excluding tert-OH is 1. The van der Waals surface area contributed by atoms with Crippen LogP contribution in [0.1, 0.15) is 35.3 Å². The van der Waals surface area contributed by atoms with E-state index in [2.05, 4.69) is 20.2 Å².